The molecule has 94 valence electrons. The predicted octanol–water partition coefficient (Wildman–Crippen LogP) is 2.69. The number of rotatable bonds is 3. The SMILES string of the molecule is Cc1ccc(F)c([C@H](N)[C@H](O)C2CCCC2)c1. The highest BCUT2D eigenvalue weighted by molar-refractivity contribution is 5.27. The Bertz CT molecular complexity index is 388. The first-order valence-electron chi connectivity index (χ1n) is 6.29. The van der Waals surface area contributed by atoms with Crippen molar-refractivity contribution in [3.05, 3.63) is 35.1 Å². The molecule has 2 nitrogen and oxygen atoms in total. The minimum atomic E-state index is -0.631. The first kappa shape index (κ1) is 12.5. The molecule has 1 saturated carbocycles. The van der Waals surface area contributed by atoms with Gasteiger partial charge >= 0.3 is 0 Å². The van der Waals surface area contributed by atoms with E-state index in [-0.39, 0.29) is 11.7 Å². The number of aryl methyl sites for hydroxylation is 1. The van der Waals surface area contributed by atoms with Crippen LogP contribution in [0.5, 0.6) is 0 Å². The Morgan fingerprint density at radius 3 is 2.65 bits per heavy atom. The van der Waals surface area contributed by atoms with Crippen LogP contribution in [0.1, 0.15) is 42.9 Å². The molecule has 17 heavy (non-hydrogen) atoms. The van der Waals surface area contributed by atoms with Gasteiger partial charge < -0.3 is 10.8 Å². The summed E-state index contributed by atoms with van der Waals surface area (Å²) in [6, 6.07) is 4.26. The van der Waals surface area contributed by atoms with E-state index in [4.69, 9.17) is 5.73 Å². The van der Waals surface area contributed by atoms with Crippen LogP contribution in [0.2, 0.25) is 0 Å². The van der Waals surface area contributed by atoms with Crippen LogP contribution in [0.25, 0.3) is 0 Å². The van der Waals surface area contributed by atoms with Crippen LogP contribution < -0.4 is 5.73 Å². The summed E-state index contributed by atoms with van der Waals surface area (Å²) in [4.78, 5) is 0. The van der Waals surface area contributed by atoms with Gasteiger partial charge in [-0.05, 0) is 31.7 Å². The van der Waals surface area contributed by atoms with Crippen molar-refractivity contribution in [1.29, 1.82) is 0 Å². The lowest BCUT2D eigenvalue weighted by atomic mass is 9.90. The van der Waals surface area contributed by atoms with E-state index in [0.29, 0.717) is 5.56 Å². The number of benzene rings is 1. The number of nitrogens with two attached hydrogens (primary N) is 1. The monoisotopic (exact) mass is 237 g/mol. The second-order valence-electron chi connectivity index (χ2n) is 5.09. The maximum atomic E-state index is 13.7. The zero-order valence-electron chi connectivity index (χ0n) is 10.2. The summed E-state index contributed by atoms with van der Waals surface area (Å²) in [6.45, 7) is 1.90. The molecule has 2 rings (SSSR count). The second kappa shape index (κ2) is 5.15. The predicted molar refractivity (Wildman–Crippen MR) is 66.0 cm³/mol. The molecule has 0 spiro atoms. The van der Waals surface area contributed by atoms with Crippen molar-refractivity contribution < 1.29 is 9.50 Å². The summed E-state index contributed by atoms with van der Waals surface area (Å²) >= 11 is 0. The first-order valence-corrected chi connectivity index (χ1v) is 6.29. The highest BCUT2D eigenvalue weighted by Gasteiger charge is 2.29. The lowest BCUT2D eigenvalue weighted by molar-refractivity contribution is 0.0833. The highest BCUT2D eigenvalue weighted by Crippen LogP contribution is 2.33. The maximum Gasteiger partial charge on any atom is 0.128 e. The van der Waals surface area contributed by atoms with Gasteiger partial charge in [-0.25, -0.2) is 4.39 Å². The van der Waals surface area contributed by atoms with Crippen molar-refractivity contribution in [3.8, 4) is 0 Å². The minimum Gasteiger partial charge on any atom is -0.391 e. The molecule has 0 heterocycles. The quantitative estimate of drug-likeness (QED) is 0.849. The van der Waals surface area contributed by atoms with Gasteiger partial charge in [-0.15, -0.1) is 0 Å². The topological polar surface area (TPSA) is 46.2 Å². The van der Waals surface area contributed by atoms with Crippen LogP contribution in [-0.4, -0.2) is 11.2 Å². The molecule has 0 bridgehead atoms. The summed E-state index contributed by atoms with van der Waals surface area (Å²) in [5.41, 5.74) is 7.40. The first-order chi connectivity index (χ1) is 8.09. The standard InChI is InChI=1S/C14H20FNO/c1-9-6-7-12(15)11(8-9)13(16)14(17)10-4-2-3-5-10/h6-8,10,13-14,17H,2-5,16H2,1H3/t13-,14+/m0/s1. The van der Waals surface area contributed by atoms with E-state index in [0.717, 1.165) is 31.2 Å². The molecule has 1 aliphatic rings. The molecule has 0 saturated heterocycles. The molecule has 1 fully saturated rings. The average Bonchev–Trinajstić information content (AvgIpc) is 2.84. The Morgan fingerprint density at radius 1 is 1.35 bits per heavy atom. The number of halogens is 1. The van der Waals surface area contributed by atoms with Gasteiger partial charge in [0, 0.05) is 5.56 Å². The second-order valence-corrected chi connectivity index (χ2v) is 5.09. The Morgan fingerprint density at radius 2 is 2.00 bits per heavy atom. The van der Waals surface area contributed by atoms with Gasteiger partial charge in [0.25, 0.3) is 0 Å². The Kier molecular flexibility index (Phi) is 3.79. The summed E-state index contributed by atoms with van der Waals surface area (Å²) in [5, 5.41) is 10.2. The van der Waals surface area contributed by atoms with Crippen molar-refractivity contribution in [2.75, 3.05) is 0 Å². The Labute approximate surface area is 102 Å². The Hall–Kier alpha value is -0.930. The lowest BCUT2D eigenvalue weighted by Gasteiger charge is -2.25. The minimum absolute atomic E-state index is 0.227. The average molecular weight is 237 g/mol. The molecular weight excluding hydrogens is 217 g/mol. The molecule has 0 aromatic heterocycles. The van der Waals surface area contributed by atoms with E-state index in [2.05, 4.69) is 0 Å². The van der Waals surface area contributed by atoms with Crippen LogP contribution in [0.15, 0.2) is 18.2 Å². The maximum absolute atomic E-state index is 13.7. The van der Waals surface area contributed by atoms with E-state index < -0.39 is 12.1 Å². The van der Waals surface area contributed by atoms with Crippen molar-refractivity contribution in [1.82, 2.24) is 0 Å². The third kappa shape index (κ3) is 2.67. The van der Waals surface area contributed by atoms with Crippen LogP contribution >= 0.6 is 0 Å². The van der Waals surface area contributed by atoms with Gasteiger partial charge in [0.15, 0.2) is 0 Å². The molecule has 0 radical (unpaired) electrons. The molecule has 0 unspecified atom stereocenters. The molecular formula is C14H20FNO. The van der Waals surface area contributed by atoms with Crippen LogP contribution in [0.4, 0.5) is 4.39 Å². The third-order valence-corrected chi connectivity index (χ3v) is 3.76. The molecule has 3 N–H and O–H groups in total. The molecule has 1 aromatic carbocycles. The van der Waals surface area contributed by atoms with Crippen molar-refractivity contribution >= 4 is 0 Å². The molecule has 0 amide bonds. The fourth-order valence-corrected chi connectivity index (χ4v) is 2.69. The summed E-state index contributed by atoms with van der Waals surface area (Å²) < 4.78 is 13.7. The molecule has 0 aliphatic heterocycles. The molecule has 3 heteroatoms. The van der Waals surface area contributed by atoms with E-state index in [9.17, 15) is 9.50 Å². The van der Waals surface area contributed by atoms with E-state index in [1.54, 1.807) is 12.1 Å². The van der Waals surface area contributed by atoms with Crippen molar-refractivity contribution in [3.63, 3.8) is 0 Å². The summed E-state index contributed by atoms with van der Waals surface area (Å²) in [7, 11) is 0. The van der Waals surface area contributed by atoms with Crippen LogP contribution in [0.3, 0.4) is 0 Å². The van der Waals surface area contributed by atoms with E-state index >= 15 is 0 Å². The fraction of sp³-hybridized carbons (Fsp3) is 0.571. The van der Waals surface area contributed by atoms with Gasteiger partial charge in [0.1, 0.15) is 5.82 Å². The van der Waals surface area contributed by atoms with Crippen molar-refractivity contribution in [2.45, 2.75) is 44.8 Å². The number of aliphatic hydroxyl groups excluding tert-OH is 1. The van der Waals surface area contributed by atoms with Crippen LogP contribution in [0, 0.1) is 18.7 Å². The number of aliphatic hydroxyl groups is 1. The van der Waals surface area contributed by atoms with Crippen molar-refractivity contribution in [2.24, 2.45) is 11.7 Å². The highest BCUT2D eigenvalue weighted by atomic mass is 19.1. The largest absolute Gasteiger partial charge is 0.391 e. The lowest BCUT2D eigenvalue weighted by Crippen LogP contribution is -2.32. The number of hydrogen-bond donors (Lipinski definition) is 2. The number of hydrogen-bond acceptors (Lipinski definition) is 2. The molecule has 1 aliphatic carbocycles. The summed E-state index contributed by atoms with van der Waals surface area (Å²) in [6.07, 6.45) is 3.66. The van der Waals surface area contributed by atoms with Gasteiger partial charge in [-0.1, -0.05) is 30.5 Å². The van der Waals surface area contributed by atoms with E-state index in [1.807, 2.05) is 6.92 Å². The molecule has 2 atom stereocenters. The van der Waals surface area contributed by atoms with Crippen LogP contribution in [-0.2, 0) is 0 Å². The molecule has 1 aromatic rings. The zero-order chi connectivity index (χ0) is 12.4. The van der Waals surface area contributed by atoms with Gasteiger partial charge in [0.05, 0.1) is 12.1 Å². The zero-order valence-corrected chi connectivity index (χ0v) is 10.2. The van der Waals surface area contributed by atoms with Gasteiger partial charge in [-0.2, -0.15) is 0 Å². The fourth-order valence-electron chi connectivity index (χ4n) is 2.69. The van der Waals surface area contributed by atoms with E-state index in [1.165, 1.54) is 6.07 Å². The smallest absolute Gasteiger partial charge is 0.128 e. The third-order valence-electron chi connectivity index (χ3n) is 3.76. The summed E-state index contributed by atoms with van der Waals surface area (Å²) in [5.74, 6) is -0.0925. The Balaban J connectivity index is 2.17. The normalized spacial score (nSPS) is 20.5. The van der Waals surface area contributed by atoms with Gasteiger partial charge in [0.2, 0.25) is 0 Å². The van der Waals surface area contributed by atoms with Gasteiger partial charge in [-0.3, -0.25) is 0 Å².